The number of sulfone groups is 1. The average molecular weight is 324 g/mol. The second-order valence-corrected chi connectivity index (χ2v) is 8.04. The molecule has 8 heteroatoms. The van der Waals surface area contributed by atoms with Crippen molar-refractivity contribution in [2.24, 2.45) is 0 Å². The summed E-state index contributed by atoms with van der Waals surface area (Å²) in [4.78, 5) is 0.139. The number of thioether (sulfide) groups is 1. The molecule has 0 bridgehead atoms. The number of rotatable bonds is 9. The molecule has 0 aliphatic carbocycles. The number of anilines is 2. The molecule has 0 fully saturated rings. The van der Waals surface area contributed by atoms with E-state index in [4.69, 9.17) is 5.73 Å². The molecule has 5 nitrogen and oxygen atoms in total. The first-order valence-corrected chi connectivity index (χ1v) is 10.2. The largest absolute Gasteiger partial charge is 0.382 e. The second-order valence-electron chi connectivity index (χ2n) is 4.33. The van der Waals surface area contributed by atoms with Crippen LogP contribution >= 0.6 is 23.3 Å². The van der Waals surface area contributed by atoms with Crippen LogP contribution < -0.4 is 11.1 Å². The van der Waals surface area contributed by atoms with Gasteiger partial charge >= 0.3 is 0 Å². The van der Waals surface area contributed by atoms with Crippen molar-refractivity contribution in [1.82, 2.24) is 4.37 Å². The van der Waals surface area contributed by atoms with E-state index >= 15 is 0 Å². The Balaban J connectivity index is 2.38. The highest BCUT2D eigenvalue weighted by Crippen LogP contribution is 2.31. The number of nitrogen functional groups attached to an aromatic ring is 1. The van der Waals surface area contributed by atoms with E-state index in [1.54, 1.807) is 0 Å². The minimum absolute atomic E-state index is 0.0926. The van der Waals surface area contributed by atoms with Gasteiger partial charge in [-0.1, -0.05) is 12.8 Å². The number of aromatic nitrogens is 1. The predicted molar refractivity (Wildman–Crippen MR) is 85.0 cm³/mol. The first kappa shape index (κ1) is 16.6. The molecule has 0 saturated heterocycles. The van der Waals surface area contributed by atoms with Crippen LogP contribution in [-0.2, 0) is 9.84 Å². The molecular weight excluding hydrogens is 302 g/mol. The molecule has 0 aromatic carbocycles. The third-order valence-electron chi connectivity index (χ3n) is 2.61. The van der Waals surface area contributed by atoms with Crippen LogP contribution in [0, 0.1) is 0 Å². The van der Waals surface area contributed by atoms with Crippen LogP contribution in [0.3, 0.4) is 0 Å². The Morgan fingerprint density at radius 1 is 1.32 bits per heavy atom. The van der Waals surface area contributed by atoms with Gasteiger partial charge in [0.25, 0.3) is 0 Å². The monoisotopic (exact) mass is 323 g/mol. The van der Waals surface area contributed by atoms with E-state index in [0.29, 0.717) is 5.00 Å². The van der Waals surface area contributed by atoms with Gasteiger partial charge in [-0.3, -0.25) is 0 Å². The van der Waals surface area contributed by atoms with E-state index in [1.807, 2.05) is 11.8 Å². The maximum absolute atomic E-state index is 11.6. The van der Waals surface area contributed by atoms with Crippen molar-refractivity contribution >= 4 is 44.0 Å². The van der Waals surface area contributed by atoms with Gasteiger partial charge < -0.3 is 11.1 Å². The minimum atomic E-state index is -3.32. The number of hydrogen-bond donors (Lipinski definition) is 2. The quantitative estimate of drug-likeness (QED) is 0.679. The summed E-state index contributed by atoms with van der Waals surface area (Å²) in [5, 5.41) is 3.68. The average Bonchev–Trinajstić information content (AvgIpc) is 2.69. The van der Waals surface area contributed by atoms with E-state index in [1.165, 1.54) is 18.6 Å². The molecule has 19 heavy (non-hydrogen) atoms. The molecule has 0 aliphatic rings. The van der Waals surface area contributed by atoms with Crippen molar-refractivity contribution in [3.63, 3.8) is 0 Å². The van der Waals surface area contributed by atoms with Gasteiger partial charge in [0, 0.05) is 12.8 Å². The van der Waals surface area contributed by atoms with Crippen molar-refractivity contribution < 1.29 is 8.42 Å². The van der Waals surface area contributed by atoms with Gasteiger partial charge in [0.2, 0.25) is 0 Å². The Bertz CT molecular complexity index is 485. The van der Waals surface area contributed by atoms with Crippen LogP contribution in [0.15, 0.2) is 4.90 Å². The third-order valence-corrected chi connectivity index (χ3v) is 5.41. The SMILES string of the molecule is CSCCCCCCNc1snc(N)c1S(C)(=O)=O. The zero-order valence-electron chi connectivity index (χ0n) is 11.3. The molecule has 1 rings (SSSR count). The molecule has 0 atom stereocenters. The molecule has 0 saturated carbocycles. The molecule has 0 amide bonds. The Kier molecular flexibility index (Phi) is 6.95. The lowest BCUT2D eigenvalue weighted by Gasteiger charge is -2.05. The van der Waals surface area contributed by atoms with Gasteiger partial charge in [-0.05, 0) is 36.4 Å². The minimum Gasteiger partial charge on any atom is -0.382 e. The second kappa shape index (κ2) is 7.96. The van der Waals surface area contributed by atoms with E-state index in [-0.39, 0.29) is 10.7 Å². The smallest absolute Gasteiger partial charge is 0.182 e. The topological polar surface area (TPSA) is 85.1 Å². The molecular formula is C11H21N3O2S3. The zero-order valence-corrected chi connectivity index (χ0v) is 13.8. The van der Waals surface area contributed by atoms with Crippen LogP contribution in [0.5, 0.6) is 0 Å². The Hall–Kier alpha value is -0.470. The van der Waals surface area contributed by atoms with Gasteiger partial charge in [0.15, 0.2) is 15.7 Å². The summed E-state index contributed by atoms with van der Waals surface area (Å²) >= 11 is 2.97. The fraction of sp³-hybridized carbons (Fsp3) is 0.727. The lowest BCUT2D eigenvalue weighted by atomic mass is 10.2. The Morgan fingerprint density at radius 3 is 2.63 bits per heavy atom. The van der Waals surface area contributed by atoms with Gasteiger partial charge in [-0.15, -0.1) is 0 Å². The highest BCUT2D eigenvalue weighted by molar-refractivity contribution is 7.98. The van der Waals surface area contributed by atoms with Gasteiger partial charge in [0.1, 0.15) is 9.90 Å². The number of nitrogens with one attached hydrogen (secondary N) is 1. The lowest BCUT2D eigenvalue weighted by Crippen LogP contribution is -2.06. The Morgan fingerprint density at radius 2 is 2.00 bits per heavy atom. The fourth-order valence-electron chi connectivity index (χ4n) is 1.69. The van der Waals surface area contributed by atoms with E-state index in [0.717, 1.165) is 37.2 Å². The summed E-state index contributed by atoms with van der Waals surface area (Å²) < 4.78 is 27.1. The number of nitrogens with two attached hydrogens (primary N) is 1. The van der Waals surface area contributed by atoms with Crippen LogP contribution in [-0.4, -0.2) is 37.6 Å². The van der Waals surface area contributed by atoms with Crippen molar-refractivity contribution in [1.29, 1.82) is 0 Å². The summed E-state index contributed by atoms with van der Waals surface area (Å²) in [6.07, 6.45) is 7.89. The van der Waals surface area contributed by atoms with Crippen molar-refractivity contribution in [3.8, 4) is 0 Å². The number of unbranched alkanes of at least 4 members (excludes halogenated alkanes) is 3. The molecule has 0 unspecified atom stereocenters. The summed E-state index contributed by atoms with van der Waals surface area (Å²) in [7, 11) is -3.32. The normalized spacial score (nSPS) is 11.7. The summed E-state index contributed by atoms with van der Waals surface area (Å²) in [5.41, 5.74) is 5.59. The third kappa shape index (κ3) is 5.58. The molecule has 1 heterocycles. The highest BCUT2D eigenvalue weighted by Gasteiger charge is 2.20. The van der Waals surface area contributed by atoms with Crippen molar-refractivity contribution in [2.45, 2.75) is 30.6 Å². The maximum Gasteiger partial charge on any atom is 0.182 e. The summed E-state index contributed by atoms with van der Waals surface area (Å²) in [6, 6.07) is 0. The molecule has 0 radical (unpaired) electrons. The summed E-state index contributed by atoms with van der Waals surface area (Å²) in [6.45, 7) is 0.753. The van der Waals surface area contributed by atoms with Crippen LogP contribution in [0.2, 0.25) is 0 Å². The molecule has 3 N–H and O–H groups in total. The predicted octanol–water partition coefficient (Wildman–Crippen LogP) is 2.46. The van der Waals surface area contributed by atoms with Crippen LogP contribution in [0.4, 0.5) is 10.8 Å². The fourth-order valence-corrected chi connectivity index (χ4v) is 4.28. The molecule has 1 aromatic heterocycles. The van der Waals surface area contributed by atoms with Crippen molar-refractivity contribution in [2.75, 3.05) is 35.9 Å². The van der Waals surface area contributed by atoms with Crippen LogP contribution in [0.1, 0.15) is 25.7 Å². The first-order chi connectivity index (χ1) is 8.96. The zero-order chi connectivity index (χ0) is 14.3. The van der Waals surface area contributed by atoms with Crippen molar-refractivity contribution in [3.05, 3.63) is 0 Å². The van der Waals surface area contributed by atoms with Gasteiger partial charge in [-0.2, -0.15) is 16.1 Å². The molecule has 110 valence electrons. The summed E-state index contributed by atoms with van der Waals surface area (Å²) in [5.74, 6) is 1.30. The highest BCUT2D eigenvalue weighted by atomic mass is 32.2. The van der Waals surface area contributed by atoms with E-state index < -0.39 is 9.84 Å². The lowest BCUT2D eigenvalue weighted by molar-refractivity contribution is 0.602. The van der Waals surface area contributed by atoms with E-state index in [9.17, 15) is 8.42 Å². The van der Waals surface area contributed by atoms with Crippen LogP contribution in [0.25, 0.3) is 0 Å². The molecule has 0 spiro atoms. The standard InChI is InChI=1S/C11H21N3O2S3/c1-17-8-6-4-3-5-7-13-11-9(19(2,15)16)10(12)14-18-11/h13H,3-8H2,1-2H3,(H2,12,14). The number of hydrogen-bond acceptors (Lipinski definition) is 7. The van der Waals surface area contributed by atoms with Gasteiger partial charge in [0.05, 0.1) is 0 Å². The molecule has 0 aliphatic heterocycles. The maximum atomic E-state index is 11.6. The first-order valence-electron chi connectivity index (χ1n) is 6.15. The molecule has 1 aromatic rings. The number of nitrogens with zero attached hydrogens (tertiary/aromatic N) is 1. The van der Waals surface area contributed by atoms with E-state index in [2.05, 4.69) is 15.9 Å². The Labute approximate surface area is 123 Å². The van der Waals surface area contributed by atoms with Gasteiger partial charge in [-0.25, -0.2) is 8.42 Å².